The maximum absolute atomic E-state index is 11.3. The molecular weight excluding hydrogens is 224 g/mol. The van der Waals surface area contributed by atoms with Crippen molar-refractivity contribution in [1.82, 2.24) is 0 Å². The lowest BCUT2D eigenvalue weighted by Crippen LogP contribution is -2.23. The first kappa shape index (κ1) is 11.6. The zero-order chi connectivity index (χ0) is 11.4. The van der Waals surface area contributed by atoms with Gasteiger partial charge in [0, 0.05) is 24.2 Å². The molecule has 0 aromatic heterocycles. The van der Waals surface area contributed by atoms with Gasteiger partial charge in [-0.15, -0.1) is 0 Å². The first-order valence-corrected chi connectivity index (χ1v) is 5.98. The minimum absolute atomic E-state index is 0.0856. The number of hydrogen-bond donors (Lipinski definition) is 0. The lowest BCUT2D eigenvalue weighted by atomic mass is 9.82. The van der Waals surface area contributed by atoms with Gasteiger partial charge in [-0.3, -0.25) is 0 Å². The summed E-state index contributed by atoms with van der Waals surface area (Å²) in [6.45, 7) is 1.50. The lowest BCUT2D eigenvalue weighted by molar-refractivity contribution is -0.110. The Kier molecular flexibility index (Phi) is 3.97. The molecule has 0 radical (unpaired) electrons. The van der Waals surface area contributed by atoms with Crippen molar-refractivity contribution in [2.24, 2.45) is 5.92 Å². The van der Waals surface area contributed by atoms with E-state index in [0.717, 1.165) is 37.9 Å². The van der Waals surface area contributed by atoms with Gasteiger partial charge in [-0.1, -0.05) is 29.8 Å². The number of benzene rings is 1. The molecule has 0 saturated carbocycles. The second-order valence-corrected chi connectivity index (χ2v) is 4.54. The molecule has 3 heteroatoms. The highest BCUT2D eigenvalue weighted by molar-refractivity contribution is 6.31. The van der Waals surface area contributed by atoms with E-state index in [1.165, 1.54) is 0 Å². The Morgan fingerprint density at radius 3 is 2.62 bits per heavy atom. The second-order valence-electron chi connectivity index (χ2n) is 4.13. The topological polar surface area (TPSA) is 26.3 Å². The van der Waals surface area contributed by atoms with E-state index in [4.69, 9.17) is 16.3 Å². The van der Waals surface area contributed by atoms with E-state index in [0.29, 0.717) is 10.9 Å². The molecule has 1 fully saturated rings. The average molecular weight is 239 g/mol. The summed E-state index contributed by atoms with van der Waals surface area (Å²) in [5.74, 6) is 0.281. The lowest BCUT2D eigenvalue weighted by Gasteiger charge is -2.27. The molecule has 1 heterocycles. The molecule has 86 valence electrons. The van der Waals surface area contributed by atoms with Gasteiger partial charge in [-0.25, -0.2) is 0 Å². The van der Waals surface area contributed by atoms with Gasteiger partial charge in [0.2, 0.25) is 0 Å². The SMILES string of the molecule is O=CC(c1ccccc1Cl)C1CCOCC1. The summed E-state index contributed by atoms with van der Waals surface area (Å²) < 4.78 is 5.31. The summed E-state index contributed by atoms with van der Waals surface area (Å²) >= 11 is 6.13. The van der Waals surface area contributed by atoms with Crippen LogP contribution in [0.25, 0.3) is 0 Å². The van der Waals surface area contributed by atoms with Crippen LogP contribution in [0.4, 0.5) is 0 Å². The van der Waals surface area contributed by atoms with Gasteiger partial charge in [-0.05, 0) is 30.4 Å². The van der Waals surface area contributed by atoms with Crippen molar-refractivity contribution in [2.75, 3.05) is 13.2 Å². The zero-order valence-corrected chi connectivity index (χ0v) is 9.82. The average Bonchev–Trinajstić information content (AvgIpc) is 2.34. The molecule has 1 aromatic carbocycles. The Balaban J connectivity index is 2.21. The first-order valence-electron chi connectivity index (χ1n) is 5.60. The molecule has 2 rings (SSSR count). The maximum atomic E-state index is 11.3. The van der Waals surface area contributed by atoms with Crippen LogP contribution in [0, 0.1) is 5.92 Å². The fourth-order valence-corrected chi connectivity index (χ4v) is 2.52. The summed E-state index contributed by atoms with van der Waals surface area (Å²) in [6.07, 6.45) is 2.90. The third kappa shape index (κ3) is 2.45. The maximum Gasteiger partial charge on any atom is 0.127 e. The molecule has 1 saturated heterocycles. The third-order valence-corrected chi connectivity index (χ3v) is 3.53. The summed E-state index contributed by atoms with van der Waals surface area (Å²) in [5, 5.41) is 0.686. The van der Waals surface area contributed by atoms with Crippen LogP contribution in [-0.4, -0.2) is 19.5 Å². The van der Waals surface area contributed by atoms with Crippen LogP contribution in [0.2, 0.25) is 5.02 Å². The standard InChI is InChI=1S/C13H15ClO2/c14-13-4-2-1-3-11(13)12(9-15)10-5-7-16-8-6-10/h1-4,9-10,12H,5-8H2. The number of hydrogen-bond acceptors (Lipinski definition) is 2. The van der Waals surface area contributed by atoms with Crippen molar-refractivity contribution in [3.8, 4) is 0 Å². The molecule has 1 aromatic rings. The zero-order valence-electron chi connectivity index (χ0n) is 9.06. The molecule has 0 bridgehead atoms. The molecule has 0 aliphatic carbocycles. The van der Waals surface area contributed by atoms with E-state index in [9.17, 15) is 4.79 Å². The highest BCUT2D eigenvalue weighted by Gasteiger charge is 2.26. The minimum atomic E-state index is -0.0856. The van der Waals surface area contributed by atoms with Crippen LogP contribution in [0.15, 0.2) is 24.3 Å². The molecule has 1 aliphatic heterocycles. The number of carbonyl (C=O) groups excluding carboxylic acids is 1. The third-order valence-electron chi connectivity index (χ3n) is 3.18. The van der Waals surface area contributed by atoms with Gasteiger partial charge in [0.15, 0.2) is 0 Å². The van der Waals surface area contributed by atoms with Crippen LogP contribution in [0.5, 0.6) is 0 Å². The minimum Gasteiger partial charge on any atom is -0.381 e. The van der Waals surface area contributed by atoms with Crippen LogP contribution < -0.4 is 0 Å². The van der Waals surface area contributed by atoms with E-state index in [1.807, 2.05) is 24.3 Å². The van der Waals surface area contributed by atoms with E-state index in [1.54, 1.807) is 0 Å². The van der Waals surface area contributed by atoms with E-state index in [2.05, 4.69) is 0 Å². The smallest absolute Gasteiger partial charge is 0.127 e. The van der Waals surface area contributed by atoms with Crippen molar-refractivity contribution in [2.45, 2.75) is 18.8 Å². The van der Waals surface area contributed by atoms with E-state index in [-0.39, 0.29) is 5.92 Å². The molecule has 1 unspecified atom stereocenters. The Hall–Kier alpha value is -0.860. The number of aldehydes is 1. The van der Waals surface area contributed by atoms with Crippen LogP contribution in [-0.2, 0) is 9.53 Å². The van der Waals surface area contributed by atoms with Crippen molar-refractivity contribution in [1.29, 1.82) is 0 Å². The highest BCUT2D eigenvalue weighted by atomic mass is 35.5. The van der Waals surface area contributed by atoms with Crippen LogP contribution >= 0.6 is 11.6 Å². The van der Waals surface area contributed by atoms with E-state index >= 15 is 0 Å². The van der Waals surface area contributed by atoms with Crippen LogP contribution in [0.3, 0.4) is 0 Å². The number of carbonyl (C=O) groups is 1. The molecule has 0 spiro atoms. The molecule has 2 nitrogen and oxygen atoms in total. The van der Waals surface area contributed by atoms with Gasteiger partial charge in [0.25, 0.3) is 0 Å². The monoisotopic (exact) mass is 238 g/mol. The molecule has 16 heavy (non-hydrogen) atoms. The predicted octanol–water partition coefficient (Wildman–Crippen LogP) is 3.05. The fraction of sp³-hybridized carbons (Fsp3) is 0.462. The Morgan fingerprint density at radius 1 is 1.31 bits per heavy atom. The molecule has 1 aliphatic rings. The fourth-order valence-electron chi connectivity index (χ4n) is 2.26. The summed E-state index contributed by atoms with van der Waals surface area (Å²) in [6, 6.07) is 7.60. The van der Waals surface area contributed by atoms with Crippen molar-refractivity contribution in [3.63, 3.8) is 0 Å². The van der Waals surface area contributed by atoms with Crippen LogP contribution in [0.1, 0.15) is 24.3 Å². The van der Waals surface area contributed by atoms with Crippen molar-refractivity contribution < 1.29 is 9.53 Å². The number of halogens is 1. The Labute approximate surface area is 101 Å². The Morgan fingerprint density at radius 2 is 2.00 bits per heavy atom. The van der Waals surface area contributed by atoms with Gasteiger partial charge in [-0.2, -0.15) is 0 Å². The molecular formula is C13H15ClO2. The van der Waals surface area contributed by atoms with Gasteiger partial charge in [0.1, 0.15) is 6.29 Å². The van der Waals surface area contributed by atoms with Crippen molar-refractivity contribution >= 4 is 17.9 Å². The van der Waals surface area contributed by atoms with Crippen molar-refractivity contribution in [3.05, 3.63) is 34.9 Å². The predicted molar refractivity (Wildman–Crippen MR) is 63.8 cm³/mol. The van der Waals surface area contributed by atoms with E-state index < -0.39 is 0 Å². The summed E-state index contributed by atoms with van der Waals surface area (Å²) in [5.41, 5.74) is 0.950. The Bertz CT molecular complexity index is 359. The second kappa shape index (κ2) is 5.46. The molecule has 0 N–H and O–H groups in total. The van der Waals surface area contributed by atoms with Gasteiger partial charge in [0.05, 0.1) is 0 Å². The number of rotatable bonds is 3. The first-order chi connectivity index (χ1) is 7.83. The summed E-state index contributed by atoms with van der Waals surface area (Å²) in [7, 11) is 0. The normalized spacial score (nSPS) is 19.3. The van der Waals surface area contributed by atoms with Gasteiger partial charge >= 0.3 is 0 Å². The largest absolute Gasteiger partial charge is 0.381 e. The summed E-state index contributed by atoms with van der Waals surface area (Å²) in [4.78, 5) is 11.3. The van der Waals surface area contributed by atoms with Gasteiger partial charge < -0.3 is 9.53 Å². The number of ether oxygens (including phenoxy) is 1. The molecule has 1 atom stereocenters. The quantitative estimate of drug-likeness (QED) is 0.757. The molecule has 0 amide bonds. The highest BCUT2D eigenvalue weighted by Crippen LogP contribution is 2.33.